The third-order valence-corrected chi connectivity index (χ3v) is 7.23. The van der Waals surface area contributed by atoms with Crippen LogP contribution in [0.2, 0.25) is 0 Å². The van der Waals surface area contributed by atoms with E-state index in [2.05, 4.69) is 4.98 Å². The van der Waals surface area contributed by atoms with E-state index in [1.54, 1.807) is 47.8 Å². The summed E-state index contributed by atoms with van der Waals surface area (Å²) in [5.74, 6) is 0.626. The number of aromatic nitrogens is 2. The first-order valence-corrected chi connectivity index (χ1v) is 11.7. The largest absolute Gasteiger partial charge is 0.497 e. The molecule has 0 aliphatic carbocycles. The first kappa shape index (κ1) is 23.5. The van der Waals surface area contributed by atoms with Crippen molar-refractivity contribution >= 4 is 15.9 Å². The average Bonchev–Trinajstić information content (AvgIpc) is 3.48. The first-order chi connectivity index (χ1) is 16.3. The van der Waals surface area contributed by atoms with Crippen molar-refractivity contribution in [2.45, 2.75) is 23.9 Å². The molecule has 0 saturated heterocycles. The van der Waals surface area contributed by atoms with E-state index in [1.165, 1.54) is 31.4 Å². The normalized spacial score (nSPS) is 13.6. The second-order valence-corrected chi connectivity index (χ2v) is 9.53. The second kappa shape index (κ2) is 9.71. The Morgan fingerprint density at radius 2 is 1.97 bits per heavy atom. The molecule has 0 fully saturated rings. The number of carbonyl (C=O) groups is 1. The number of methoxy groups -OCH3 is 1. The molecule has 2 aromatic carbocycles. The minimum atomic E-state index is -4.21. The lowest BCUT2D eigenvalue weighted by Gasteiger charge is -2.29. The Hall–Kier alpha value is -3.61. The molecule has 12 heteroatoms. The highest BCUT2D eigenvalue weighted by molar-refractivity contribution is 7.89. The van der Waals surface area contributed by atoms with Gasteiger partial charge in [-0.05, 0) is 42.0 Å². The zero-order valence-corrected chi connectivity index (χ0v) is 19.4. The molecule has 0 spiro atoms. The zero-order chi connectivity index (χ0) is 24.3. The molecular formula is C22H24N4O7S. The number of ether oxygens (including phenoxy) is 3. The molecular weight excluding hydrogens is 464 g/mol. The summed E-state index contributed by atoms with van der Waals surface area (Å²) in [6, 6.07) is 9.57. The molecule has 0 bridgehead atoms. The number of carbonyl (C=O) groups excluding carboxylic acids is 1. The topological polar surface area (TPSA) is 132 Å². The summed E-state index contributed by atoms with van der Waals surface area (Å²) in [6.07, 6.45) is 3.16. The van der Waals surface area contributed by atoms with Crippen molar-refractivity contribution < 1.29 is 32.6 Å². The number of nitrogens with one attached hydrogen (secondary N) is 1. The number of aryl methyl sites for hydroxylation is 1. The fourth-order valence-electron chi connectivity index (χ4n) is 3.64. The summed E-state index contributed by atoms with van der Waals surface area (Å²) >= 11 is 0. The average molecular weight is 489 g/mol. The van der Waals surface area contributed by atoms with Crippen molar-refractivity contribution in [3.63, 3.8) is 0 Å². The van der Waals surface area contributed by atoms with Crippen molar-refractivity contribution in [3.8, 4) is 17.2 Å². The highest BCUT2D eigenvalue weighted by atomic mass is 32.2. The van der Waals surface area contributed by atoms with Gasteiger partial charge < -0.3 is 18.8 Å². The van der Waals surface area contributed by atoms with Gasteiger partial charge in [0.15, 0.2) is 11.5 Å². The minimum absolute atomic E-state index is 0.0363. The molecule has 0 unspecified atom stereocenters. The monoisotopic (exact) mass is 488 g/mol. The van der Waals surface area contributed by atoms with Crippen LogP contribution < -0.4 is 19.7 Å². The van der Waals surface area contributed by atoms with E-state index in [0.717, 1.165) is 4.31 Å². The number of hydrogen-bond donors (Lipinski definition) is 2. The molecule has 2 N–H and O–H groups in total. The van der Waals surface area contributed by atoms with Crippen molar-refractivity contribution in [3.05, 3.63) is 66.2 Å². The molecule has 1 aliphatic heterocycles. The van der Waals surface area contributed by atoms with Crippen LogP contribution in [0.15, 0.2) is 59.9 Å². The molecule has 1 aromatic heterocycles. The van der Waals surface area contributed by atoms with Gasteiger partial charge in [-0.3, -0.25) is 10.0 Å². The molecule has 0 saturated carbocycles. The summed E-state index contributed by atoms with van der Waals surface area (Å²) in [4.78, 5) is 16.9. The fraction of sp³-hybridized carbons (Fsp3) is 0.273. The van der Waals surface area contributed by atoms with Crippen LogP contribution >= 0.6 is 0 Å². The summed E-state index contributed by atoms with van der Waals surface area (Å²) < 4.78 is 46.1. The molecule has 4 rings (SSSR count). The van der Waals surface area contributed by atoms with Gasteiger partial charge in [-0.1, -0.05) is 6.07 Å². The van der Waals surface area contributed by atoms with Gasteiger partial charge >= 0.3 is 0 Å². The van der Waals surface area contributed by atoms with Crippen LogP contribution in [-0.2, 0) is 34.8 Å². The number of hydroxylamine groups is 1. The number of fused-ring (bicyclic) bond motifs is 1. The van der Waals surface area contributed by atoms with Gasteiger partial charge in [-0.15, -0.1) is 0 Å². The molecule has 11 nitrogen and oxygen atoms in total. The van der Waals surface area contributed by atoms with Gasteiger partial charge in [-0.25, -0.2) is 18.9 Å². The van der Waals surface area contributed by atoms with E-state index in [-0.39, 0.29) is 24.7 Å². The number of sulfonamides is 1. The van der Waals surface area contributed by atoms with Gasteiger partial charge in [0.2, 0.25) is 16.8 Å². The summed E-state index contributed by atoms with van der Waals surface area (Å²) in [5.41, 5.74) is 2.65. The Balaban J connectivity index is 1.76. The lowest BCUT2D eigenvalue weighted by molar-refractivity contribution is -0.133. The predicted octanol–water partition coefficient (Wildman–Crippen LogP) is 1.46. The lowest BCUT2D eigenvalue weighted by atomic mass is 10.1. The van der Waals surface area contributed by atoms with Crippen LogP contribution in [0.1, 0.15) is 11.3 Å². The predicted molar refractivity (Wildman–Crippen MR) is 119 cm³/mol. The van der Waals surface area contributed by atoms with Crippen LogP contribution in [0.5, 0.6) is 17.2 Å². The quantitative estimate of drug-likeness (QED) is 0.342. The van der Waals surface area contributed by atoms with E-state index in [9.17, 15) is 18.4 Å². The van der Waals surface area contributed by atoms with Gasteiger partial charge in [-0.2, -0.15) is 4.31 Å². The van der Waals surface area contributed by atoms with Crippen molar-refractivity contribution in [1.82, 2.24) is 19.3 Å². The van der Waals surface area contributed by atoms with Crippen molar-refractivity contribution in [2.75, 3.05) is 13.9 Å². The van der Waals surface area contributed by atoms with E-state index >= 15 is 0 Å². The lowest BCUT2D eigenvalue weighted by Crippen LogP contribution is -2.49. The van der Waals surface area contributed by atoms with Crippen LogP contribution in [0.25, 0.3) is 0 Å². The smallest absolute Gasteiger partial charge is 0.262 e. The number of benzene rings is 2. The van der Waals surface area contributed by atoms with Gasteiger partial charge in [0.1, 0.15) is 11.8 Å². The molecule has 34 heavy (non-hydrogen) atoms. The third-order valence-electron chi connectivity index (χ3n) is 5.36. The number of rotatable bonds is 9. The van der Waals surface area contributed by atoms with Crippen molar-refractivity contribution in [2.24, 2.45) is 7.05 Å². The highest BCUT2D eigenvalue weighted by Crippen LogP contribution is 2.34. The Labute approximate surface area is 196 Å². The van der Waals surface area contributed by atoms with Gasteiger partial charge in [0.05, 0.1) is 24.0 Å². The van der Waals surface area contributed by atoms with Crippen LogP contribution in [0, 0.1) is 0 Å². The maximum atomic E-state index is 13.8. The van der Waals surface area contributed by atoms with Crippen molar-refractivity contribution in [1.29, 1.82) is 0 Å². The van der Waals surface area contributed by atoms with E-state index in [1.807, 2.05) is 0 Å². The number of amides is 1. The van der Waals surface area contributed by atoms with Crippen LogP contribution in [-0.4, -0.2) is 53.3 Å². The molecule has 180 valence electrons. The van der Waals surface area contributed by atoms with E-state index < -0.39 is 22.0 Å². The molecule has 2 heterocycles. The van der Waals surface area contributed by atoms with Gasteiger partial charge in [0.25, 0.3) is 5.91 Å². The molecule has 1 amide bonds. The van der Waals surface area contributed by atoms with Gasteiger partial charge in [0, 0.05) is 26.2 Å². The highest BCUT2D eigenvalue weighted by Gasteiger charge is 2.37. The Kier molecular flexibility index (Phi) is 6.72. The number of hydrogen-bond acceptors (Lipinski definition) is 8. The second-order valence-electron chi connectivity index (χ2n) is 7.64. The molecule has 3 aromatic rings. The summed E-state index contributed by atoms with van der Waals surface area (Å²) in [5, 5.41) is 9.44. The number of nitrogens with zero attached hydrogens (tertiary/aromatic N) is 3. The first-order valence-electron chi connectivity index (χ1n) is 10.3. The summed E-state index contributed by atoms with van der Waals surface area (Å²) in [7, 11) is -0.971. The Morgan fingerprint density at radius 3 is 2.62 bits per heavy atom. The molecule has 0 radical (unpaired) electrons. The standard InChI is InChI=1S/C22H24N4O7S/c1-25-12-16(23-13-25)10-19(22(27)24-28)26(11-15-3-8-20-21(9-15)33-14-32-20)34(29,30)18-6-4-17(31-2)5-7-18/h3-9,12-13,19,28H,10-11,14H2,1-2H3,(H,24,27)/t19-/m1/s1. The maximum Gasteiger partial charge on any atom is 0.262 e. The zero-order valence-electron chi connectivity index (χ0n) is 18.5. The fourth-order valence-corrected chi connectivity index (χ4v) is 5.21. The molecule has 1 aliphatic rings. The maximum absolute atomic E-state index is 13.8. The van der Waals surface area contributed by atoms with Crippen LogP contribution in [0.3, 0.4) is 0 Å². The van der Waals surface area contributed by atoms with E-state index in [4.69, 9.17) is 14.2 Å². The Bertz CT molecular complexity index is 1270. The molecule has 1 atom stereocenters. The van der Waals surface area contributed by atoms with Crippen LogP contribution in [0.4, 0.5) is 0 Å². The van der Waals surface area contributed by atoms with E-state index in [0.29, 0.717) is 28.5 Å². The number of imidazole rings is 1. The Morgan fingerprint density at radius 1 is 1.24 bits per heavy atom. The SMILES string of the molecule is COc1ccc(S(=O)(=O)N(Cc2ccc3c(c2)OCO3)[C@H](Cc2cn(C)cn2)C(=O)NO)cc1. The summed E-state index contributed by atoms with van der Waals surface area (Å²) in [6.45, 7) is -0.0994. The third kappa shape index (κ3) is 4.83. The minimum Gasteiger partial charge on any atom is -0.497 e.